The number of ether oxygens (including phenoxy) is 2. The number of sulfonamides is 1. The van der Waals surface area contributed by atoms with Crippen molar-refractivity contribution in [3.8, 4) is 11.5 Å². The summed E-state index contributed by atoms with van der Waals surface area (Å²) in [5.41, 5.74) is 0.256. The number of hydrogen-bond donors (Lipinski definition) is 1. The largest absolute Gasteiger partial charge is 0.493 e. The monoisotopic (exact) mass is 393 g/mol. The van der Waals surface area contributed by atoms with Crippen molar-refractivity contribution in [2.45, 2.75) is 18.2 Å². The summed E-state index contributed by atoms with van der Waals surface area (Å²) in [6.45, 7) is 2.54. The van der Waals surface area contributed by atoms with Crippen molar-refractivity contribution in [1.82, 2.24) is 4.83 Å². The fourth-order valence-electron chi connectivity index (χ4n) is 2.08. The van der Waals surface area contributed by atoms with E-state index in [1.807, 2.05) is 11.8 Å². The van der Waals surface area contributed by atoms with E-state index in [9.17, 15) is 18.5 Å². The summed E-state index contributed by atoms with van der Waals surface area (Å²) in [7, 11) is -2.53. The molecule has 2 aromatic carbocycles. The van der Waals surface area contributed by atoms with Gasteiger partial charge >= 0.3 is 0 Å². The molecule has 0 aliphatic carbocycles. The van der Waals surface area contributed by atoms with Crippen LogP contribution in [0.1, 0.15) is 18.9 Å². The first-order valence-electron chi connectivity index (χ1n) is 7.97. The first-order chi connectivity index (χ1) is 12.9. The molecule has 0 fully saturated rings. The molecule has 0 spiro atoms. The number of benzene rings is 2. The molecular formula is C17H19N3O6S. The maximum atomic E-state index is 12.2. The lowest BCUT2D eigenvalue weighted by Crippen LogP contribution is -2.18. The molecular weight excluding hydrogens is 374 g/mol. The lowest BCUT2D eigenvalue weighted by Gasteiger charge is -2.10. The number of rotatable bonds is 9. The van der Waals surface area contributed by atoms with Crippen LogP contribution in [0.15, 0.2) is 52.5 Å². The highest BCUT2D eigenvalue weighted by molar-refractivity contribution is 7.89. The van der Waals surface area contributed by atoms with Crippen molar-refractivity contribution < 1.29 is 22.8 Å². The molecule has 0 radical (unpaired) electrons. The third-order valence-corrected chi connectivity index (χ3v) is 4.59. The second-order valence-corrected chi connectivity index (χ2v) is 7.03. The SMILES string of the molecule is CCCOc1ccc(/C=N/NS(=O)(=O)c2cccc([N+](=O)[O-])c2)cc1OC. The average Bonchev–Trinajstić information content (AvgIpc) is 2.66. The molecule has 0 aliphatic heterocycles. The van der Waals surface area contributed by atoms with E-state index < -0.39 is 14.9 Å². The minimum Gasteiger partial charge on any atom is -0.493 e. The molecule has 1 N–H and O–H groups in total. The van der Waals surface area contributed by atoms with Gasteiger partial charge in [-0.1, -0.05) is 13.0 Å². The second-order valence-electron chi connectivity index (χ2n) is 5.37. The van der Waals surface area contributed by atoms with Gasteiger partial charge in [0.1, 0.15) is 0 Å². The van der Waals surface area contributed by atoms with Gasteiger partial charge in [-0.2, -0.15) is 13.5 Å². The van der Waals surface area contributed by atoms with Gasteiger partial charge in [-0.25, -0.2) is 4.83 Å². The number of nitrogens with one attached hydrogen (secondary N) is 1. The van der Waals surface area contributed by atoms with Crippen molar-refractivity contribution >= 4 is 21.9 Å². The van der Waals surface area contributed by atoms with E-state index in [-0.39, 0.29) is 10.6 Å². The minimum absolute atomic E-state index is 0.255. The molecule has 0 unspecified atom stereocenters. The summed E-state index contributed by atoms with van der Waals surface area (Å²) in [6, 6.07) is 9.74. The molecule has 0 aliphatic rings. The highest BCUT2D eigenvalue weighted by atomic mass is 32.2. The van der Waals surface area contributed by atoms with E-state index in [1.54, 1.807) is 18.2 Å². The first kappa shape index (κ1) is 20.2. The van der Waals surface area contributed by atoms with Crippen LogP contribution >= 0.6 is 0 Å². The van der Waals surface area contributed by atoms with Gasteiger partial charge in [-0.05, 0) is 36.2 Å². The van der Waals surface area contributed by atoms with Crippen LogP contribution in [-0.4, -0.2) is 33.3 Å². The average molecular weight is 393 g/mol. The number of nitro groups is 1. The zero-order chi connectivity index (χ0) is 19.9. The quantitative estimate of drug-likeness (QED) is 0.397. The normalized spacial score (nSPS) is 11.3. The maximum Gasteiger partial charge on any atom is 0.276 e. The Labute approximate surface area is 156 Å². The Hall–Kier alpha value is -3.14. The van der Waals surface area contributed by atoms with Gasteiger partial charge in [0, 0.05) is 12.1 Å². The van der Waals surface area contributed by atoms with Gasteiger partial charge in [-0.15, -0.1) is 0 Å². The Morgan fingerprint density at radius 3 is 2.67 bits per heavy atom. The number of non-ortho nitro benzene ring substituents is 1. The molecule has 2 rings (SSSR count). The van der Waals surface area contributed by atoms with E-state index in [0.29, 0.717) is 23.7 Å². The standard InChI is InChI=1S/C17H19N3O6S/c1-3-9-26-16-8-7-13(10-17(16)25-2)12-18-19-27(23,24)15-6-4-5-14(11-15)20(21)22/h4-8,10-12,19H,3,9H2,1-2H3/b18-12+. The number of methoxy groups -OCH3 is 1. The third kappa shape index (κ3) is 5.42. The molecule has 2 aromatic rings. The Morgan fingerprint density at radius 2 is 2.00 bits per heavy atom. The summed E-state index contributed by atoms with van der Waals surface area (Å²) in [6.07, 6.45) is 2.15. The summed E-state index contributed by atoms with van der Waals surface area (Å²) in [5, 5.41) is 14.5. The molecule has 144 valence electrons. The van der Waals surface area contributed by atoms with Crippen LogP contribution in [0.4, 0.5) is 5.69 Å². The van der Waals surface area contributed by atoms with Crippen molar-refractivity contribution in [1.29, 1.82) is 0 Å². The summed E-state index contributed by atoms with van der Waals surface area (Å²) < 4.78 is 35.2. The predicted octanol–water partition coefficient (Wildman–Crippen LogP) is 2.70. The van der Waals surface area contributed by atoms with E-state index in [2.05, 4.69) is 5.10 Å². The van der Waals surface area contributed by atoms with E-state index in [1.165, 1.54) is 31.5 Å². The van der Waals surface area contributed by atoms with Gasteiger partial charge < -0.3 is 9.47 Å². The van der Waals surface area contributed by atoms with Crippen molar-refractivity contribution in [3.63, 3.8) is 0 Å². The molecule has 10 heteroatoms. The molecule has 0 heterocycles. The van der Waals surface area contributed by atoms with Crippen molar-refractivity contribution in [2.75, 3.05) is 13.7 Å². The number of hydrogen-bond acceptors (Lipinski definition) is 7. The smallest absolute Gasteiger partial charge is 0.276 e. The zero-order valence-corrected chi connectivity index (χ0v) is 15.6. The van der Waals surface area contributed by atoms with Gasteiger partial charge in [0.2, 0.25) is 0 Å². The molecule has 0 bridgehead atoms. The summed E-state index contributed by atoms with van der Waals surface area (Å²) in [5.74, 6) is 1.07. The van der Waals surface area contributed by atoms with Gasteiger partial charge in [-0.3, -0.25) is 10.1 Å². The van der Waals surface area contributed by atoms with Crippen LogP contribution < -0.4 is 14.3 Å². The fraction of sp³-hybridized carbons (Fsp3) is 0.235. The number of nitro benzene ring substituents is 1. The molecule has 0 amide bonds. The topological polar surface area (TPSA) is 120 Å². The van der Waals surface area contributed by atoms with Crippen LogP contribution in [0.25, 0.3) is 0 Å². The fourth-order valence-corrected chi connectivity index (χ4v) is 2.91. The Balaban J connectivity index is 2.14. The molecule has 27 heavy (non-hydrogen) atoms. The zero-order valence-electron chi connectivity index (χ0n) is 14.8. The first-order valence-corrected chi connectivity index (χ1v) is 9.46. The second kappa shape index (κ2) is 8.99. The maximum absolute atomic E-state index is 12.2. The lowest BCUT2D eigenvalue weighted by molar-refractivity contribution is -0.385. The van der Waals surface area contributed by atoms with Crippen LogP contribution in [0.3, 0.4) is 0 Å². The molecule has 0 saturated heterocycles. The van der Waals surface area contributed by atoms with Crippen LogP contribution in [0.5, 0.6) is 11.5 Å². The molecule has 0 aromatic heterocycles. The highest BCUT2D eigenvalue weighted by Gasteiger charge is 2.16. The summed E-state index contributed by atoms with van der Waals surface area (Å²) >= 11 is 0. The van der Waals surface area contributed by atoms with Crippen molar-refractivity contribution in [3.05, 3.63) is 58.1 Å². The number of nitrogens with zero attached hydrogens (tertiary/aromatic N) is 2. The Kier molecular flexibility index (Phi) is 6.72. The van der Waals surface area contributed by atoms with Gasteiger partial charge in [0.25, 0.3) is 15.7 Å². The lowest BCUT2D eigenvalue weighted by atomic mass is 10.2. The molecule has 0 saturated carbocycles. The van der Waals surface area contributed by atoms with E-state index in [4.69, 9.17) is 9.47 Å². The molecule has 0 atom stereocenters. The third-order valence-electron chi connectivity index (χ3n) is 3.37. The Bertz CT molecular complexity index is 943. The van der Waals surface area contributed by atoms with Crippen LogP contribution in [-0.2, 0) is 10.0 Å². The Morgan fingerprint density at radius 1 is 1.22 bits per heavy atom. The van der Waals surface area contributed by atoms with Crippen LogP contribution in [0, 0.1) is 10.1 Å². The van der Waals surface area contributed by atoms with Gasteiger partial charge in [0.15, 0.2) is 11.5 Å². The van der Waals surface area contributed by atoms with Gasteiger partial charge in [0.05, 0.1) is 29.8 Å². The highest BCUT2D eigenvalue weighted by Crippen LogP contribution is 2.27. The molecule has 9 nitrogen and oxygen atoms in total. The van der Waals surface area contributed by atoms with E-state index >= 15 is 0 Å². The van der Waals surface area contributed by atoms with E-state index in [0.717, 1.165) is 12.5 Å². The predicted molar refractivity (Wildman–Crippen MR) is 99.8 cm³/mol. The van der Waals surface area contributed by atoms with Crippen molar-refractivity contribution in [2.24, 2.45) is 5.10 Å². The minimum atomic E-state index is -4.03. The van der Waals surface area contributed by atoms with Crippen LogP contribution in [0.2, 0.25) is 0 Å². The summed E-state index contributed by atoms with van der Waals surface area (Å²) in [4.78, 5) is 11.9. The number of hydrazone groups is 1.